The zero-order valence-corrected chi connectivity index (χ0v) is 12.5. The van der Waals surface area contributed by atoms with Crippen LogP contribution in [0.2, 0.25) is 0 Å². The van der Waals surface area contributed by atoms with Crippen molar-refractivity contribution in [2.75, 3.05) is 0 Å². The molecule has 0 aliphatic heterocycles. The molecule has 3 nitrogen and oxygen atoms in total. The highest BCUT2D eigenvalue weighted by Crippen LogP contribution is 2.39. The number of nitrogens with zero attached hydrogens (tertiary/aromatic N) is 3. The van der Waals surface area contributed by atoms with Crippen LogP contribution in [-0.2, 0) is 13.5 Å². The van der Waals surface area contributed by atoms with Crippen molar-refractivity contribution in [1.29, 1.82) is 0 Å². The number of benzene rings is 1. The lowest BCUT2D eigenvalue weighted by Crippen LogP contribution is -2.26. The van der Waals surface area contributed by atoms with Crippen LogP contribution in [0.5, 0.6) is 0 Å². The van der Waals surface area contributed by atoms with Gasteiger partial charge >= 0.3 is 0 Å². The Kier molecular flexibility index (Phi) is 4.06. The molecule has 106 valence electrons. The van der Waals surface area contributed by atoms with Gasteiger partial charge in [0.1, 0.15) is 0 Å². The molecule has 4 heteroatoms. The van der Waals surface area contributed by atoms with Crippen LogP contribution < -0.4 is 0 Å². The average Bonchev–Trinajstić information content (AvgIpc) is 2.88. The van der Waals surface area contributed by atoms with Crippen LogP contribution in [0.1, 0.15) is 36.4 Å². The van der Waals surface area contributed by atoms with Gasteiger partial charge in [-0.05, 0) is 43.1 Å². The molecule has 1 aromatic carbocycles. The highest BCUT2D eigenvalue weighted by molar-refractivity contribution is 6.20. The minimum Gasteiger partial charge on any atom is -0.255 e. The molecule has 3 unspecified atom stereocenters. The van der Waals surface area contributed by atoms with E-state index < -0.39 is 0 Å². The standard InChI is InChI=1S/C16H20ClN3/c1-20-11-15(18-19-20)10-14-9-13(7-8-16(14)17)12-5-3-2-4-6-12/h2-6,11,13-14,16H,7-10H2,1H3. The molecule has 1 aliphatic carbocycles. The van der Waals surface area contributed by atoms with E-state index in [1.54, 1.807) is 4.68 Å². The average molecular weight is 290 g/mol. The number of alkyl halides is 1. The Hall–Kier alpha value is -1.35. The predicted octanol–water partition coefficient (Wildman–Crippen LogP) is 3.55. The van der Waals surface area contributed by atoms with Gasteiger partial charge < -0.3 is 0 Å². The molecule has 2 aromatic rings. The van der Waals surface area contributed by atoms with Crippen LogP contribution in [-0.4, -0.2) is 20.4 Å². The van der Waals surface area contributed by atoms with Crippen LogP contribution in [0.3, 0.4) is 0 Å². The van der Waals surface area contributed by atoms with Crippen LogP contribution in [0.15, 0.2) is 36.5 Å². The first kappa shape index (κ1) is 13.6. The summed E-state index contributed by atoms with van der Waals surface area (Å²) in [4.78, 5) is 0. The summed E-state index contributed by atoms with van der Waals surface area (Å²) in [7, 11) is 1.91. The molecule has 3 rings (SSSR count). The summed E-state index contributed by atoms with van der Waals surface area (Å²) in [5.74, 6) is 1.13. The Morgan fingerprint density at radius 1 is 1.25 bits per heavy atom. The molecule has 1 heterocycles. The fraction of sp³-hybridized carbons (Fsp3) is 0.500. The second-order valence-corrected chi connectivity index (χ2v) is 6.34. The van der Waals surface area contributed by atoms with Gasteiger partial charge in [-0.25, -0.2) is 0 Å². The van der Waals surface area contributed by atoms with Gasteiger partial charge in [0, 0.05) is 18.6 Å². The third-order valence-corrected chi connectivity index (χ3v) is 4.86. The summed E-state index contributed by atoms with van der Waals surface area (Å²) in [6.45, 7) is 0. The molecule has 0 saturated heterocycles. The molecule has 1 fully saturated rings. The van der Waals surface area contributed by atoms with Crippen LogP contribution in [0.4, 0.5) is 0 Å². The van der Waals surface area contributed by atoms with Gasteiger partial charge in [0.25, 0.3) is 0 Å². The highest BCUT2D eigenvalue weighted by atomic mass is 35.5. The van der Waals surface area contributed by atoms with Gasteiger partial charge in [-0.2, -0.15) is 0 Å². The Morgan fingerprint density at radius 2 is 2.05 bits per heavy atom. The lowest BCUT2D eigenvalue weighted by Gasteiger charge is -2.33. The lowest BCUT2D eigenvalue weighted by atomic mass is 9.76. The molecule has 1 aromatic heterocycles. The largest absolute Gasteiger partial charge is 0.255 e. The van der Waals surface area contributed by atoms with E-state index in [9.17, 15) is 0 Å². The first-order chi connectivity index (χ1) is 9.72. The number of aromatic nitrogens is 3. The SMILES string of the molecule is Cn1cc(CC2CC(c3ccccc3)CCC2Cl)nn1. The van der Waals surface area contributed by atoms with Gasteiger partial charge in [0.05, 0.1) is 5.69 Å². The second kappa shape index (κ2) is 5.96. The molecule has 20 heavy (non-hydrogen) atoms. The minimum absolute atomic E-state index is 0.261. The van der Waals surface area contributed by atoms with Crippen molar-refractivity contribution in [2.45, 2.75) is 37.0 Å². The quantitative estimate of drug-likeness (QED) is 0.809. The molecule has 0 bridgehead atoms. The van der Waals surface area contributed by atoms with Crippen LogP contribution >= 0.6 is 11.6 Å². The van der Waals surface area contributed by atoms with Crippen molar-refractivity contribution in [3.63, 3.8) is 0 Å². The van der Waals surface area contributed by atoms with Gasteiger partial charge in [-0.1, -0.05) is 35.5 Å². The van der Waals surface area contributed by atoms with Gasteiger partial charge in [0.2, 0.25) is 0 Å². The monoisotopic (exact) mass is 289 g/mol. The Morgan fingerprint density at radius 3 is 2.75 bits per heavy atom. The first-order valence-electron chi connectivity index (χ1n) is 7.26. The van der Waals surface area contributed by atoms with Gasteiger partial charge in [0.15, 0.2) is 0 Å². The number of aryl methyl sites for hydroxylation is 1. The van der Waals surface area contributed by atoms with Gasteiger partial charge in [-0.15, -0.1) is 16.7 Å². The third kappa shape index (κ3) is 3.04. The van der Waals surface area contributed by atoms with E-state index in [1.165, 1.54) is 12.0 Å². The summed E-state index contributed by atoms with van der Waals surface area (Å²) in [6.07, 6.45) is 6.36. The van der Waals surface area contributed by atoms with Crippen molar-refractivity contribution in [2.24, 2.45) is 13.0 Å². The van der Waals surface area contributed by atoms with E-state index in [4.69, 9.17) is 11.6 Å². The molecular weight excluding hydrogens is 270 g/mol. The number of hydrogen-bond donors (Lipinski definition) is 0. The Labute approximate surface area is 125 Å². The first-order valence-corrected chi connectivity index (χ1v) is 7.70. The fourth-order valence-electron chi connectivity index (χ4n) is 3.22. The fourth-order valence-corrected chi connectivity index (χ4v) is 3.54. The van der Waals surface area contributed by atoms with Crippen molar-refractivity contribution in [3.8, 4) is 0 Å². The lowest BCUT2D eigenvalue weighted by molar-refractivity contribution is 0.325. The maximum atomic E-state index is 6.54. The van der Waals surface area contributed by atoms with E-state index in [1.807, 2.05) is 13.2 Å². The van der Waals surface area contributed by atoms with E-state index in [-0.39, 0.29) is 5.38 Å². The zero-order chi connectivity index (χ0) is 13.9. The third-order valence-electron chi connectivity index (χ3n) is 4.28. The summed E-state index contributed by atoms with van der Waals surface area (Å²) in [5, 5.41) is 8.47. The van der Waals surface area contributed by atoms with Crippen molar-refractivity contribution < 1.29 is 0 Å². The number of halogens is 1. The summed E-state index contributed by atoms with van der Waals surface area (Å²) in [5.41, 5.74) is 2.50. The van der Waals surface area contributed by atoms with Crippen molar-refractivity contribution in [3.05, 3.63) is 47.8 Å². The van der Waals surface area contributed by atoms with Crippen molar-refractivity contribution in [1.82, 2.24) is 15.0 Å². The molecule has 0 radical (unpaired) electrons. The van der Waals surface area contributed by atoms with Gasteiger partial charge in [-0.3, -0.25) is 4.68 Å². The predicted molar refractivity (Wildman–Crippen MR) is 80.9 cm³/mol. The Balaban J connectivity index is 1.70. The molecule has 1 saturated carbocycles. The normalized spacial score (nSPS) is 26.6. The molecule has 1 aliphatic rings. The van der Waals surface area contributed by atoms with E-state index in [0.717, 1.165) is 25.0 Å². The minimum atomic E-state index is 0.261. The number of hydrogen-bond acceptors (Lipinski definition) is 2. The molecule has 3 atom stereocenters. The summed E-state index contributed by atoms with van der Waals surface area (Å²) >= 11 is 6.54. The van der Waals surface area contributed by atoms with Crippen LogP contribution in [0.25, 0.3) is 0 Å². The van der Waals surface area contributed by atoms with Crippen molar-refractivity contribution >= 4 is 11.6 Å². The molecule has 0 spiro atoms. The Bertz CT molecular complexity index is 552. The topological polar surface area (TPSA) is 30.7 Å². The maximum Gasteiger partial charge on any atom is 0.0830 e. The zero-order valence-electron chi connectivity index (χ0n) is 11.7. The second-order valence-electron chi connectivity index (χ2n) is 5.78. The number of rotatable bonds is 3. The molecule has 0 amide bonds. The van der Waals surface area contributed by atoms with Crippen LogP contribution in [0, 0.1) is 5.92 Å². The molecule has 0 N–H and O–H groups in total. The summed E-state index contributed by atoms with van der Waals surface area (Å²) < 4.78 is 1.76. The van der Waals surface area contributed by atoms with E-state index in [2.05, 4.69) is 40.6 Å². The molecular formula is C16H20ClN3. The smallest absolute Gasteiger partial charge is 0.0830 e. The highest BCUT2D eigenvalue weighted by Gasteiger charge is 2.30. The van der Waals surface area contributed by atoms with E-state index >= 15 is 0 Å². The maximum absolute atomic E-state index is 6.54. The van der Waals surface area contributed by atoms with E-state index in [0.29, 0.717) is 11.8 Å². The summed E-state index contributed by atoms with van der Waals surface area (Å²) in [6, 6.07) is 10.8.